The van der Waals surface area contributed by atoms with Gasteiger partial charge in [0.25, 0.3) is 5.56 Å². The molecule has 19 heavy (non-hydrogen) atoms. The van der Waals surface area contributed by atoms with Crippen LogP contribution in [0.4, 0.5) is 13.2 Å². The molecule has 0 aliphatic heterocycles. The third-order valence-corrected chi connectivity index (χ3v) is 2.90. The Bertz CT molecular complexity index is 526. The van der Waals surface area contributed by atoms with Crippen molar-refractivity contribution in [2.45, 2.75) is 26.1 Å². The van der Waals surface area contributed by atoms with Gasteiger partial charge in [0.1, 0.15) is 6.54 Å². The Morgan fingerprint density at radius 2 is 2.11 bits per heavy atom. The van der Waals surface area contributed by atoms with E-state index >= 15 is 0 Å². The van der Waals surface area contributed by atoms with Crippen molar-refractivity contribution < 1.29 is 18.0 Å². The summed E-state index contributed by atoms with van der Waals surface area (Å²) in [6.45, 7) is 2.01. The lowest BCUT2D eigenvalue weighted by molar-refractivity contribution is -0.138. The molecule has 0 atom stereocenters. The van der Waals surface area contributed by atoms with Gasteiger partial charge in [0.2, 0.25) is 5.91 Å². The van der Waals surface area contributed by atoms with E-state index in [-0.39, 0.29) is 11.0 Å². The molecule has 0 fully saturated rings. The number of hydrogen-bond donors (Lipinski definition) is 1. The van der Waals surface area contributed by atoms with Crippen LogP contribution in [-0.4, -0.2) is 17.0 Å². The summed E-state index contributed by atoms with van der Waals surface area (Å²) in [7, 11) is 0. The van der Waals surface area contributed by atoms with E-state index in [0.29, 0.717) is 12.6 Å². The number of carbonyl (C=O) groups excluding carboxylic acids is 1. The Balaban J connectivity index is 2.97. The zero-order valence-electron chi connectivity index (χ0n) is 10.1. The Morgan fingerprint density at radius 3 is 2.63 bits per heavy atom. The van der Waals surface area contributed by atoms with Gasteiger partial charge in [-0.3, -0.25) is 9.59 Å². The van der Waals surface area contributed by atoms with E-state index in [2.05, 4.69) is 21.2 Å². The lowest BCUT2D eigenvalue weighted by atomic mass is 10.2. The molecule has 1 amide bonds. The van der Waals surface area contributed by atoms with E-state index in [1.54, 1.807) is 0 Å². The van der Waals surface area contributed by atoms with Crippen LogP contribution in [0.1, 0.15) is 18.9 Å². The van der Waals surface area contributed by atoms with Crippen molar-refractivity contribution in [1.29, 1.82) is 0 Å². The first-order valence-corrected chi connectivity index (χ1v) is 6.29. The van der Waals surface area contributed by atoms with Crippen LogP contribution in [0.3, 0.4) is 0 Å². The molecular weight excluding hydrogens is 329 g/mol. The SMILES string of the molecule is CCCNC(=O)Cn1cc(Br)c(C(F)(F)F)cc1=O. The number of nitrogens with one attached hydrogen (secondary N) is 1. The summed E-state index contributed by atoms with van der Waals surface area (Å²) in [6, 6.07) is 0.469. The smallest absolute Gasteiger partial charge is 0.355 e. The van der Waals surface area contributed by atoms with Gasteiger partial charge < -0.3 is 9.88 Å². The normalized spacial score (nSPS) is 11.4. The third kappa shape index (κ3) is 4.38. The quantitative estimate of drug-likeness (QED) is 0.913. The number of carbonyl (C=O) groups is 1. The maximum Gasteiger partial charge on any atom is 0.417 e. The molecule has 1 N–H and O–H groups in total. The molecule has 1 aromatic heterocycles. The van der Waals surface area contributed by atoms with Gasteiger partial charge in [0.05, 0.1) is 5.56 Å². The largest absolute Gasteiger partial charge is 0.417 e. The van der Waals surface area contributed by atoms with Gasteiger partial charge in [-0.05, 0) is 22.4 Å². The molecule has 8 heteroatoms. The second kappa shape index (κ2) is 6.23. The fourth-order valence-corrected chi connectivity index (χ4v) is 1.95. The molecule has 0 spiro atoms. The van der Waals surface area contributed by atoms with Gasteiger partial charge in [0.15, 0.2) is 0 Å². The van der Waals surface area contributed by atoms with Crippen LogP contribution in [0.25, 0.3) is 0 Å². The first kappa shape index (κ1) is 15.7. The van der Waals surface area contributed by atoms with E-state index < -0.39 is 23.2 Å². The highest BCUT2D eigenvalue weighted by molar-refractivity contribution is 9.10. The zero-order valence-corrected chi connectivity index (χ0v) is 11.6. The fourth-order valence-electron chi connectivity index (χ4n) is 1.36. The van der Waals surface area contributed by atoms with Crippen LogP contribution in [-0.2, 0) is 17.5 Å². The molecule has 1 rings (SSSR count). The molecule has 4 nitrogen and oxygen atoms in total. The first-order chi connectivity index (χ1) is 8.75. The monoisotopic (exact) mass is 340 g/mol. The molecule has 106 valence electrons. The van der Waals surface area contributed by atoms with Crippen LogP contribution in [0.5, 0.6) is 0 Å². The van der Waals surface area contributed by atoms with Crippen LogP contribution in [0, 0.1) is 0 Å². The second-order valence-corrected chi connectivity index (χ2v) is 4.70. The summed E-state index contributed by atoms with van der Waals surface area (Å²) in [5, 5.41) is 2.54. The van der Waals surface area contributed by atoms with Crippen molar-refractivity contribution >= 4 is 21.8 Å². The average Bonchev–Trinajstić information content (AvgIpc) is 2.29. The number of pyridine rings is 1. The van der Waals surface area contributed by atoms with Crippen molar-refractivity contribution in [1.82, 2.24) is 9.88 Å². The van der Waals surface area contributed by atoms with Gasteiger partial charge in [-0.1, -0.05) is 6.92 Å². The summed E-state index contributed by atoms with van der Waals surface area (Å²) in [4.78, 5) is 22.9. The summed E-state index contributed by atoms with van der Waals surface area (Å²) >= 11 is 2.75. The molecule has 0 saturated carbocycles. The molecule has 0 bridgehead atoms. The van der Waals surface area contributed by atoms with Gasteiger partial charge in [0, 0.05) is 23.3 Å². The first-order valence-electron chi connectivity index (χ1n) is 5.49. The zero-order chi connectivity index (χ0) is 14.6. The Kier molecular flexibility index (Phi) is 5.16. The maximum atomic E-state index is 12.5. The number of halogens is 4. The van der Waals surface area contributed by atoms with Crippen molar-refractivity contribution in [3.63, 3.8) is 0 Å². The van der Waals surface area contributed by atoms with E-state index in [1.807, 2.05) is 6.92 Å². The number of aromatic nitrogens is 1. The number of nitrogens with zero attached hydrogens (tertiary/aromatic N) is 1. The number of hydrogen-bond acceptors (Lipinski definition) is 2. The molecule has 0 aliphatic carbocycles. The predicted molar refractivity (Wildman–Crippen MR) is 66.7 cm³/mol. The topological polar surface area (TPSA) is 51.1 Å². The highest BCUT2D eigenvalue weighted by Gasteiger charge is 2.33. The van der Waals surface area contributed by atoms with Crippen LogP contribution < -0.4 is 10.9 Å². The highest BCUT2D eigenvalue weighted by Crippen LogP contribution is 2.33. The van der Waals surface area contributed by atoms with Gasteiger partial charge in [-0.2, -0.15) is 13.2 Å². The summed E-state index contributed by atoms with van der Waals surface area (Å²) in [5.41, 5.74) is -1.93. The Morgan fingerprint density at radius 1 is 1.47 bits per heavy atom. The van der Waals surface area contributed by atoms with Gasteiger partial charge >= 0.3 is 6.18 Å². The van der Waals surface area contributed by atoms with E-state index in [4.69, 9.17) is 0 Å². The highest BCUT2D eigenvalue weighted by atomic mass is 79.9. The molecule has 0 aliphatic rings. The molecule has 0 aromatic carbocycles. The lowest BCUT2D eigenvalue weighted by Crippen LogP contribution is -2.33. The minimum absolute atomic E-state index is 0.275. The van der Waals surface area contributed by atoms with Crippen molar-refractivity contribution in [3.05, 3.63) is 32.7 Å². The standard InChI is InChI=1S/C11H12BrF3N2O2/c1-2-3-16-9(18)6-17-5-8(12)7(4-10(17)19)11(13,14)15/h4-5H,2-3,6H2,1H3,(H,16,18). The Hall–Kier alpha value is -1.31. The van der Waals surface area contributed by atoms with E-state index in [9.17, 15) is 22.8 Å². The van der Waals surface area contributed by atoms with Gasteiger partial charge in [-0.15, -0.1) is 0 Å². The molecule has 0 radical (unpaired) electrons. The van der Waals surface area contributed by atoms with Crippen molar-refractivity contribution in [2.75, 3.05) is 6.54 Å². The fraction of sp³-hybridized carbons (Fsp3) is 0.455. The number of rotatable bonds is 4. The van der Waals surface area contributed by atoms with E-state index in [1.165, 1.54) is 0 Å². The number of alkyl halides is 3. The van der Waals surface area contributed by atoms with Crippen LogP contribution >= 0.6 is 15.9 Å². The number of amides is 1. The summed E-state index contributed by atoms with van der Waals surface area (Å²) in [5.74, 6) is -0.421. The molecule has 0 saturated heterocycles. The van der Waals surface area contributed by atoms with Crippen LogP contribution in [0.2, 0.25) is 0 Å². The summed E-state index contributed by atoms with van der Waals surface area (Å²) < 4.78 is 38.2. The molecule has 0 unspecified atom stereocenters. The van der Waals surface area contributed by atoms with Gasteiger partial charge in [-0.25, -0.2) is 0 Å². The van der Waals surface area contributed by atoms with Crippen molar-refractivity contribution in [2.24, 2.45) is 0 Å². The van der Waals surface area contributed by atoms with E-state index in [0.717, 1.165) is 17.2 Å². The maximum absolute atomic E-state index is 12.5. The van der Waals surface area contributed by atoms with Crippen LogP contribution in [0.15, 0.2) is 21.5 Å². The molecule has 1 aromatic rings. The molecular formula is C11H12BrF3N2O2. The average molecular weight is 341 g/mol. The second-order valence-electron chi connectivity index (χ2n) is 3.85. The molecule has 1 heterocycles. The van der Waals surface area contributed by atoms with Crippen molar-refractivity contribution in [3.8, 4) is 0 Å². The minimum Gasteiger partial charge on any atom is -0.355 e. The Labute approximate surface area is 115 Å². The summed E-state index contributed by atoms with van der Waals surface area (Å²) in [6.07, 6.45) is -2.91. The third-order valence-electron chi connectivity index (χ3n) is 2.27. The lowest BCUT2D eigenvalue weighted by Gasteiger charge is -2.11. The minimum atomic E-state index is -4.61. The predicted octanol–water partition coefficient (Wildman–Crippen LogP) is 2.16.